The number of hydrazone groups is 1. The number of carbonyl (C=O) groups is 1. The standard InChI is InChI=1S/C16H12Cl2N2O2/c1-22-11-7-5-10(6-8-11)14-9-15(21)20(19-14)16-12(17)3-2-4-13(16)18/h2-8H,9H2,1H3. The van der Waals surface area contributed by atoms with Crippen molar-refractivity contribution in [2.75, 3.05) is 12.1 Å². The van der Waals surface area contributed by atoms with Crippen LogP contribution in [0.3, 0.4) is 0 Å². The predicted octanol–water partition coefficient (Wildman–Crippen LogP) is 4.14. The Bertz CT molecular complexity index is 737. The number of amides is 1. The number of methoxy groups -OCH3 is 1. The first-order valence-electron chi connectivity index (χ1n) is 6.59. The third-order valence-electron chi connectivity index (χ3n) is 3.35. The van der Waals surface area contributed by atoms with Gasteiger partial charge in [-0.05, 0) is 42.0 Å². The molecule has 112 valence electrons. The average molecular weight is 335 g/mol. The minimum absolute atomic E-state index is 0.166. The summed E-state index contributed by atoms with van der Waals surface area (Å²) in [7, 11) is 1.60. The minimum Gasteiger partial charge on any atom is -0.497 e. The molecule has 0 fully saturated rings. The maximum Gasteiger partial charge on any atom is 0.253 e. The number of ether oxygens (including phenoxy) is 1. The van der Waals surface area contributed by atoms with Gasteiger partial charge in [-0.3, -0.25) is 4.79 Å². The van der Waals surface area contributed by atoms with Gasteiger partial charge in [-0.2, -0.15) is 10.1 Å². The van der Waals surface area contributed by atoms with Crippen LogP contribution in [0.25, 0.3) is 0 Å². The van der Waals surface area contributed by atoms with Crippen LogP contribution in [0.4, 0.5) is 5.69 Å². The van der Waals surface area contributed by atoms with E-state index >= 15 is 0 Å². The summed E-state index contributed by atoms with van der Waals surface area (Å²) in [6.07, 6.45) is 0.202. The number of nitrogens with zero attached hydrogens (tertiary/aromatic N) is 2. The van der Waals surface area contributed by atoms with E-state index in [1.165, 1.54) is 5.01 Å². The van der Waals surface area contributed by atoms with Crippen LogP contribution in [0.1, 0.15) is 12.0 Å². The third-order valence-corrected chi connectivity index (χ3v) is 3.96. The van der Waals surface area contributed by atoms with Gasteiger partial charge in [0.1, 0.15) is 11.4 Å². The topological polar surface area (TPSA) is 41.9 Å². The molecule has 0 aromatic heterocycles. The Kier molecular flexibility index (Phi) is 4.05. The van der Waals surface area contributed by atoms with Crippen LogP contribution in [0.5, 0.6) is 5.75 Å². The van der Waals surface area contributed by atoms with Crippen LogP contribution < -0.4 is 9.75 Å². The molecule has 6 heteroatoms. The fourth-order valence-electron chi connectivity index (χ4n) is 2.24. The van der Waals surface area contributed by atoms with Crippen molar-refractivity contribution < 1.29 is 9.53 Å². The van der Waals surface area contributed by atoms with Crippen LogP contribution in [0.2, 0.25) is 10.0 Å². The fourth-order valence-corrected chi connectivity index (χ4v) is 2.80. The van der Waals surface area contributed by atoms with Crippen molar-refractivity contribution in [2.45, 2.75) is 6.42 Å². The van der Waals surface area contributed by atoms with Crippen molar-refractivity contribution >= 4 is 40.5 Å². The van der Waals surface area contributed by atoms with E-state index < -0.39 is 0 Å². The molecule has 1 heterocycles. The monoisotopic (exact) mass is 334 g/mol. The molecule has 1 aliphatic rings. The molecular formula is C16H12Cl2N2O2. The first-order chi connectivity index (χ1) is 10.6. The first-order valence-corrected chi connectivity index (χ1v) is 7.34. The van der Waals surface area contributed by atoms with E-state index in [1.54, 1.807) is 25.3 Å². The van der Waals surface area contributed by atoms with Gasteiger partial charge in [0.05, 0.1) is 29.3 Å². The maximum absolute atomic E-state index is 12.3. The number of carbonyl (C=O) groups excluding carboxylic acids is 1. The Balaban J connectivity index is 1.97. The van der Waals surface area contributed by atoms with Gasteiger partial charge < -0.3 is 4.74 Å². The average Bonchev–Trinajstić information content (AvgIpc) is 2.89. The van der Waals surface area contributed by atoms with E-state index in [0.29, 0.717) is 21.4 Å². The summed E-state index contributed by atoms with van der Waals surface area (Å²) in [6.45, 7) is 0. The molecule has 3 rings (SSSR count). The van der Waals surface area contributed by atoms with Crippen LogP contribution in [-0.2, 0) is 4.79 Å². The highest BCUT2D eigenvalue weighted by Gasteiger charge is 2.29. The quantitative estimate of drug-likeness (QED) is 0.846. The Morgan fingerprint density at radius 3 is 2.32 bits per heavy atom. The van der Waals surface area contributed by atoms with Gasteiger partial charge >= 0.3 is 0 Å². The highest BCUT2D eigenvalue weighted by atomic mass is 35.5. The second kappa shape index (κ2) is 5.99. The predicted molar refractivity (Wildman–Crippen MR) is 88.1 cm³/mol. The lowest BCUT2D eigenvalue weighted by atomic mass is 10.1. The summed E-state index contributed by atoms with van der Waals surface area (Å²) in [5, 5.41) is 6.42. The molecule has 0 unspecified atom stereocenters. The van der Waals surface area contributed by atoms with Gasteiger partial charge in [-0.1, -0.05) is 29.3 Å². The van der Waals surface area contributed by atoms with Gasteiger partial charge in [0.2, 0.25) is 0 Å². The van der Waals surface area contributed by atoms with Crippen molar-refractivity contribution in [2.24, 2.45) is 5.10 Å². The highest BCUT2D eigenvalue weighted by molar-refractivity contribution is 6.40. The van der Waals surface area contributed by atoms with Crippen molar-refractivity contribution in [3.05, 3.63) is 58.1 Å². The molecule has 2 aromatic carbocycles. The minimum atomic E-state index is -0.166. The number of rotatable bonds is 3. The second-order valence-electron chi connectivity index (χ2n) is 4.73. The third kappa shape index (κ3) is 2.67. The summed E-state index contributed by atoms with van der Waals surface area (Å²) < 4.78 is 5.12. The van der Waals surface area contributed by atoms with Gasteiger partial charge in [-0.15, -0.1) is 0 Å². The zero-order valence-electron chi connectivity index (χ0n) is 11.7. The number of anilines is 1. The van der Waals surface area contributed by atoms with Crippen molar-refractivity contribution in [1.82, 2.24) is 0 Å². The molecule has 1 amide bonds. The number of hydrogen-bond acceptors (Lipinski definition) is 3. The molecule has 2 aromatic rings. The second-order valence-corrected chi connectivity index (χ2v) is 5.54. The number of hydrogen-bond donors (Lipinski definition) is 0. The zero-order chi connectivity index (χ0) is 15.7. The summed E-state index contributed by atoms with van der Waals surface area (Å²) >= 11 is 12.3. The Morgan fingerprint density at radius 1 is 1.09 bits per heavy atom. The van der Waals surface area contributed by atoms with Crippen LogP contribution >= 0.6 is 23.2 Å². The molecule has 0 saturated carbocycles. The molecule has 0 N–H and O–H groups in total. The molecule has 0 radical (unpaired) electrons. The largest absolute Gasteiger partial charge is 0.497 e. The lowest BCUT2D eigenvalue weighted by molar-refractivity contribution is -0.116. The van der Waals surface area contributed by atoms with Crippen molar-refractivity contribution in [3.8, 4) is 5.75 Å². The van der Waals surface area contributed by atoms with Gasteiger partial charge in [0.25, 0.3) is 5.91 Å². The molecule has 0 bridgehead atoms. The lowest BCUT2D eigenvalue weighted by Gasteiger charge is -2.14. The lowest BCUT2D eigenvalue weighted by Crippen LogP contribution is -2.20. The Morgan fingerprint density at radius 2 is 1.73 bits per heavy atom. The van der Waals surface area contributed by atoms with Crippen molar-refractivity contribution in [1.29, 1.82) is 0 Å². The van der Waals surface area contributed by atoms with Crippen LogP contribution in [0, 0.1) is 0 Å². The Hall–Kier alpha value is -2.04. The van der Waals surface area contributed by atoms with Crippen LogP contribution in [0.15, 0.2) is 47.6 Å². The normalized spacial score (nSPS) is 14.2. The summed E-state index contributed by atoms with van der Waals surface area (Å²) in [6, 6.07) is 12.5. The maximum atomic E-state index is 12.3. The van der Waals surface area contributed by atoms with Crippen LogP contribution in [-0.4, -0.2) is 18.7 Å². The summed E-state index contributed by atoms with van der Waals surface area (Å²) in [4.78, 5) is 12.3. The number of benzene rings is 2. The van der Waals surface area contributed by atoms with E-state index in [0.717, 1.165) is 11.3 Å². The molecule has 0 aliphatic carbocycles. The van der Waals surface area contributed by atoms with E-state index in [-0.39, 0.29) is 12.3 Å². The van der Waals surface area contributed by atoms with Gasteiger partial charge in [0, 0.05) is 0 Å². The first kappa shape index (κ1) is 14.9. The van der Waals surface area contributed by atoms with Gasteiger partial charge in [-0.25, -0.2) is 0 Å². The number of halogens is 2. The molecule has 4 nitrogen and oxygen atoms in total. The molecule has 0 saturated heterocycles. The van der Waals surface area contributed by atoms with E-state index in [4.69, 9.17) is 27.9 Å². The summed E-state index contributed by atoms with van der Waals surface area (Å²) in [5.41, 5.74) is 1.95. The molecule has 1 aliphatic heterocycles. The Labute approximate surface area is 137 Å². The summed E-state index contributed by atoms with van der Waals surface area (Å²) in [5.74, 6) is 0.584. The van der Waals surface area contributed by atoms with E-state index in [9.17, 15) is 4.79 Å². The van der Waals surface area contributed by atoms with E-state index in [2.05, 4.69) is 5.10 Å². The molecule has 0 atom stereocenters. The van der Waals surface area contributed by atoms with E-state index in [1.807, 2.05) is 24.3 Å². The molecular weight excluding hydrogens is 323 g/mol. The fraction of sp³-hybridized carbons (Fsp3) is 0.125. The van der Waals surface area contributed by atoms with Gasteiger partial charge in [0.15, 0.2) is 0 Å². The van der Waals surface area contributed by atoms with Crippen molar-refractivity contribution in [3.63, 3.8) is 0 Å². The molecule has 22 heavy (non-hydrogen) atoms. The number of para-hydroxylation sites is 1. The zero-order valence-corrected chi connectivity index (χ0v) is 13.2. The molecule has 0 spiro atoms. The SMILES string of the molecule is COc1ccc(C2=NN(c3c(Cl)cccc3Cl)C(=O)C2)cc1. The smallest absolute Gasteiger partial charge is 0.253 e. The highest BCUT2D eigenvalue weighted by Crippen LogP contribution is 2.36.